The van der Waals surface area contributed by atoms with Crippen LogP contribution in [0.15, 0.2) is 40.9 Å². The van der Waals surface area contributed by atoms with Crippen molar-refractivity contribution in [2.24, 2.45) is 0 Å². The van der Waals surface area contributed by atoms with Crippen LogP contribution < -0.4 is 10.0 Å². The highest BCUT2D eigenvalue weighted by Crippen LogP contribution is 2.21. The Balaban J connectivity index is 1.93. The van der Waals surface area contributed by atoms with Gasteiger partial charge in [0.15, 0.2) is 0 Å². The lowest BCUT2D eigenvalue weighted by Gasteiger charge is -2.04. The van der Waals surface area contributed by atoms with E-state index in [0.29, 0.717) is 23.7 Å². The first-order valence-electron chi connectivity index (χ1n) is 6.24. The number of thiophene rings is 1. The van der Waals surface area contributed by atoms with Crippen LogP contribution in [0.5, 0.6) is 0 Å². The molecule has 2 aromatic rings. The zero-order valence-electron chi connectivity index (χ0n) is 11.2. The number of sulfonamides is 1. The molecule has 5 nitrogen and oxygen atoms in total. The van der Waals surface area contributed by atoms with Crippen LogP contribution in [0.25, 0.3) is 0 Å². The predicted molar refractivity (Wildman–Crippen MR) is 80.2 cm³/mol. The molecule has 0 bridgehead atoms. The maximum Gasteiger partial charge on any atom is 0.250 e. The molecule has 7 heteroatoms. The van der Waals surface area contributed by atoms with Crippen LogP contribution in [-0.2, 0) is 23.0 Å². The summed E-state index contributed by atoms with van der Waals surface area (Å²) in [7, 11) is -1.57. The van der Waals surface area contributed by atoms with Gasteiger partial charge in [-0.15, -0.1) is 11.3 Å². The van der Waals surface area contributed by atoms with Crippen molar-refractivity contribution >= 4 is 21.4 Å². The van der Waals surface area contributed by atoms with Crippen molar-refractivity contribution in [1.29, 1.82) is 0 Å². The van der Waals surface area contributed by atoms with E-state index in [1.54, 1.807) is 18.5 Å². The molecule has 0 aliphatic heterocycles. The molecule has 0 unspecified atom stereocenters. The fourth-order valence-corrected chi connectivity index (χ4v) is 4.17. The van der Waals surface area contributed by atoms with Gasteiger partial charge in [-0.3, -0.25) is 4.98 Å². The van der Waals surface area contributed by atoms with Crippen molar-refractivity contribution < 1.29 is 8.42 Å². The molecule has 0 radical (unpaired) electrons. The second-order valence-corrected chi connectivity index (χ2v) is 7.42. The number of hydrogen-bond acceptors (Lipinski definition) is 5. The lowest BCUT2D eigenvalue weighted by Crippen LogP contribution is -2.25. The molecule has 2 aromatic heterocycles. The molecule has 2 N–H and O–H groups in total. The van der Waals surface area contributed by atoms with E-state index in [1.807, 2.05) is 25.2 Å². The number of hydrogen-bond donors (Lipinski definition) is 2. The maximum atomic E-state index is 12.1. The van der Waals surface area contributed by atoms with Crippen molar-refractivity contribution in [1.82, 2.24) is 15.0 Å². The molecule has 0 saturated heterocycles. The molecule has 2 heterocycles. The van der Waals surface area contributed by atoms with E-state index in [4.69, 9.17) is 0 Å². The van der Waals surface area contributed by atoms with Crippen LogP contribution in [0, 0.1) is 0 Å². The summed E-state index contributed by atoms with van der Waals surface area (Å²) < 4.78 is 27.2. The smallest absolute Gasteiger partial charge is 0.250 e. The van der Waals surface area contributed by atoms with Gasteiger partial charge in [-0.1, -0.05) is 0 Å². The van der Waals surface area contributed by atoms with Crippen LogP contribution >= 0.6 is 11.3 Å². The number of nitrogens with zero attached hydrogens (tertiary/aromatic N) is 1. The summed E-state index contributed by atoms with van der Waals surface area (Å²) in [5, 5.41) is 3.00. The van der Waals surface area contributed by atoms with Gasteiger partial charge in [0.05, 0.1) is 0 Å². The van der Waals surface area contributed by atoms with Crippen LogP contribution in [0.1, 0.15) is 10.4 Å². The SMILES string of the molecule is CNCc1ccc(S(=O)(=O)NCCc2ccncc2)s1. The third kappa shape index (κ3) is 4.11. The van der Waals surface area contributed by atoms with Gasteiger partial charge < -0.3 is 5.32 Å². The second kappa shape index (κ2) is 6.94. The van der Waals surface area contributed by atoms with Crippen LogP contribution in [0.3, 0.4) is 0 Å². The highest BCUT2D eigenvalue weighted by atomic mass is 32.2. The Kier molecular flexibility index (Phi) is 5.24. The molecular formula is C13H17N3O2S2. The zero-order valence-corrected chi connectivity index (χ0v) is 12.8. The normalized spacial score (nSPS) is 11.7. The van der Waals surface area contributed by atoms with Gasteiger partial charge in [0.25, 0.3) is 0 Å². The molecule has 0 aromatic carbocycles. The van der Waals surface area contributed by atoms with Crippen molar-refractivity contribution in [3.8, 4) is 0 Å². The van der Waals surface area contributed by atoms with Gasteiger partial charge in [-0.2, -0.15) is 0 Å². The van der Waals surface area contributed by atoms with Gasteiger partial charge in [0.1, 0.15) is 4.21 Å². The Morgan fingerprint density at radius 2 is 1.95 bits per heavy atom. The molecule has 0 aliphatic carbocycles. The first kappa shape index (κ1) is 15.1. The van der Waals surface area contributed by atoms with Crippen molar-refractivity contribution in [2.75, 3.05) is 13.6 Å². The number of rotatable bonds is 7. The summed E-state index contributed by atoms with van der Waals surface area (Å²) >= 11 is 1.29. The Morgan fingerprint density at radius 1 is 1.20 bits per heavy atom. The topological polar surface area (TPSA) is 71.1 Å². The molecule has 108 valence electrons. The summed E-state index contributed by atoms with van der Waals surface area (Å²) in [5.41, 5.74) is 1.06. The third-order valence-electron chi connectivity index (χ3n) is 2.71. The molecular weight excluding hydrogens is 294 g/mol. The van der Waals surface area contributed by atoms with E-state index in [1.165, 1.54) is 11.3 Å². The van der Waals surface area contributed by atoms with Crippen molar-refractivity contribution in [3.63, 3.8) is 0 Å². The molecule has 0 aliphatic rings. The van der Waals surface area contributed by atoms with Crippen LogP contribution in [-0.4, -0.2) is 27.0 Å². The van der Waals surface area contributed by atoms with Crippen molar-refractivity contribution in [2.45, 2.75) is 17.2 Å². The van der Waals surface area contributed by atoms with Gasteiger partial charge in [0.2, 0.25) is 10.0 Å². The lowest BCUT2D eigenvalue weighted by atomic mass is 10.2. The minimum atomic E-state index is -3.40. The van der Waals surface area contributed by atoms with E-state index in [9.17, 15) is 8.42 Å². The number of aromatic nitrogens is 1. The van der Waals surface area contributed by atoms with E-state index in [0.717, 1.165) is 10.4 Å². The standard InChI is InChI=1S/C13H17N3O2S2/c1-14-10-12-2-3-13(19-12)20(17,18)16-9-6-11-4-7-15-8-5-11/h2-5,7-8,14,16H,6,9-10H2,1H3. The molecule has 0 fully saturated rings. The third-order valence-corrected chi connectivity index (χ3v) is 5.75. The first-order valence-corrected chi connectivity index (χ1v) is 8.53. The lowest BCUT2D eigenvalue weighted by molar-refractivity contribution is 0.584. The predicted octanol–water partition coefficient (Wildman–Crippen LogP) is 1.38. The summed E-state index contributed by atoms with van der Waals surface area (Å²) in [4.78, 5) is 4.93. The first-order chi connectivity index (χ1) is 9.62. The average Bonchev–Trinajstić information content (AvgIpc) is 2.90. The molecule has 20 heavy (non-hydrogen) atoms. The van der Waals surface area contributed by atoms with Crippen molar-refractivity contribution in [3.05, 3.63) is 47.1 Å². The monoisotopic (exact) mass is 311 g/mol. The second-order valence-electron chi connectivity index (χ2n) is 4.25. The highest BCUT2D eigenvalue weighted by molar-refractivity contribution is 7.91. The molecule has 0 saturated carbocycles. The summed E-state index contributed by atoms with van der Waals surface area (Å²) in [6, 6.07) is 7.24. The minimum Gasteiger partial charge on any atom is -0.315 e. The fourth-order valence-electron chi connectivity index (χ4n) is 1.72. The maximum absolute atomic E-state index is 12.1. The van der Waals surface area contributed by atoms with Gasteiger partial charge in [0, 0.05) is 30.4 Å². The summed E-state index contributed by atoms with van der Waals surface area (Å²) in [5.74, 6) is 0. The van der Waals surface area contributed by atoms with Gasteiger partial charge >= 0.3 is 0 Å². The summed E-state index contributed by atoms with van der Waals surface area (Å²) in [6.07, 6.45) is 4.05. The van der Waals surface area contributed by atoms with E-state index < -0.39 is 10.0 Å². The Bertz CT molecular complexity index is 639. The Labute approximate surface area is 123 Å². The summed E-state index contributed by atoms with van der Waals surface area (Å²) in [6.45, 7) is 1.06. The van der Waals surface area contributed by atoms with Gasteiger partial charge in [-0.05, 0) is 43.3 Å². The highest BCUT2D eigenvalue weighted by Gasteiger charge is 2.15. The number of nitrogens with one attached hydrogen (secondary N) is 2. The minimum absolute atomic E-state index is 0.359. The average molecular weight is 311 g/mol. The molecule has 0 atom stereocenters. The van der Waals surface area contributed by atoms with Gasteiger partial charge in [-0.25, -0.2) is 13.1 Å². The number of pyridine rings is 1. The quantitative estimate of drug-likeness (QED) is 0.810. The molecule has 0 spiro atoms. The Hall–Kier alpha value is -1.28. The van der Waals surface area contributed by atoms with E-state index >= 15 is 0 Å². The zero-order chi connectivity index (χ0) is 14.4. The molecule has 0 amide bonds. The fraction of sp³-hybridized carbons (Fsp3) is 0.308. The van der Waals surface area contributed by atoms with Crippen LogP contribution in [0.2, 0.25) is 0 Å². The Morgan fingerprint density at radius 3 is 2.65 bits per heavy atom. The van der Waals surface area contributed by atoms with E-state index in [-0.39, 0.29) is 0 Å². The largest absolute Gasteiger partial charge is 0.315 e. The van der Waals surface area contributed by atoms with E-state index in [2.05, 4.69) is 15.0 Å². The van der Waals surface area contributed by atoms with Crippen LogP contribution in [0.4, 0.5) is 0 Å². The molecule has 2 rings (SSSR count).